The molecule has 0 saturated heterocycles. The van der Waals surface area contributed by atoms with Crippen LogP contribution in [-0.2, 0) is 32.3 Å². The van der Waals surface area contributed by atoms with Crippen LogP contribution < -0.4 is 9.54 Å². The number of carbonyl (C=O) groups is 1. The molecule has 0 radical (unpaired) electrons. The minimum atomic E-state index is -3.33. The lowest BCUT2D eigenvalue weighted by Crippen LogP contribution is -2.20. The molecule has 1 aromatic heterocycles. The van der Waals surface area contributed by atoms with E-state index in [4.69, 9.17) is 9.47 Å². The van der Waals surface area contributed by atoms with Crippen molar-refractivity contribution in [2.45, 2.75) is 24.8 Å². The van der Waals surface area contributed by atoms with Crippen molar-refractivity contribution >= 4 is 37.3 Å². The number of sulfone groups is 1. The van der Waals surface area contributed by atoms with Crippen LogP contribution in [0.5, 0.6) is 5.75 Å². The van der Waals surface area contributed by atoms with Crippen molar-refractivity contribution in [3.8, 4) is 5.75 Å². The molecule has 7 nitrogen and oxygen atoms in total. The van der Waals surface area contributed by atoms with Crippen molar-refractivity contribution < 1.29 is 22.7 Å². The summed E-state index contributed by atoms with van der Waals surface area (Å²) in [6.07, 6.45) is 1.32. The predicted octanol–water partition coefficient (Wildman–Crippen LogP) is 2.82. The van der Waals surface area contributed by atoms with Crippen LogP contribution in [0.15, 0.2) is 52.4 Å². The molecule has 9 heteroatoms. The van der Waals surface area contributed by atoms with Gasteiger partial charge >= 0.3 is 0 Å². The van der Waals surface area contributed by atoms with Gasteiger partial charge in [-0.25, -0.2) is 8.42 Å². The summed E-state index contributed by atoms with van der Waals surface area (Å²) < 4.78 is 37.1. The highest BCUT2D eigenvalue weighted by Gasteiger charge is 2.13. The van der Waals surface area contributed by atoms with E-state index in [0.717, 1.165) is 15.8 Å². The standard InChI is InChI=1S/C21H24N2O5S2/c1-4-28-11-10-23-18-9-8-17(30(3,25)26)14-19(18)29-21(23)22-20(24)13-15-6-5-7-16(12-15)27-2/h5-9,12,14H,4,10-11,13H2,1-3H3. The van der Waals surface area contributed by atoms with Gasteiger partial charge in [0.15, 0.2) is 14.6 Å². The van der Waals surface area contributed by atoms with Gasteiger partial charge in [0.25, 0.3) is 5.91 Å². The molecule has 160 valence electrons. The van der Waals surface area contributed by atoms with E-state index >= 15 is 0 Å². The van der Waals surface area contributed by atoms with Crippen LogP contribution in [0.2, 0.25) is 0 Å². The zero-order valence-electron chi connectivity index (χ0n) is 17.1. The summed E-state index contributed by atoms with van der Waals surface area (Å²) in [5, 5.41) is 0. The van der Waals surface area contributed by atoms with Crippen molar-refractivity contribution in [3.05, 3.63) is 52.8 Å². The van der Waals surface area contributed by atoms with Crippen LogP contribution in [0.3, 0.4) is 0 Å². The number of benzene rings is 2. The highest BCUT2D eigenvalue weighted by atomic mass is 32.2. The maximum Gasteiger partial charge on any atom is 0.252 e. The van der Waals surface area contributed by atoms with Gasteiger partial charge in [-0.2, -0.15) is 4.99 Å². The third kappa shape index (κ3) is 5.35. The molecule has 0 aliphatic carbocycles. The molecule has 0 saturated carbocycles. The molecule has 2 aromatic carbocycles. The van der Waals surface area contributed by atoms with Gasteiger partial charge in [-0.1, -0.05) is 23.5 Å². The van der Waals surface area contributed by atoms with E-state index in [1.165, 1.54) is 17.6 Å². The van der Waals surface area contributed by atoms with Gasteiger partial charge in [0.1, 0.15) is 5.75 Å². The molecule has 3 rings (SSSR count). The second kappa shape index (κ2) is 9.55. The van der Waals surface area contributed by atoms with E-state index in [-0.39, 0.29) is 17.2 Å². The molecule has 1 amide bonds. The van der Waals surface area contributed by atoms with Crippen LogP contribution in [-0.4, -0.2) is 45.5 Å². The molecule has 0 fully saturated rings. The lowest BCUT2D eigenvalue weighted by molar-refractivity contribution is -0.117. The van der Waals surface area contributed by atoms with Crippen molar-refractivity contribution in [2.24, 2.45) is 4.99 Å². The fourth-order valence-electron chi connectivity index (χ4n) is 2.99. The van der Waals surface area contributed by atoms with E-state index in [9.17, 15) is 13.2 Å². The molecule has 0 unspecified atom stereocenters. The first kappa shape index (κ1) is 22.2. The number of carbonyl (C=O) groups excluding carboxylic acids is 1. The van der Waals surface area contributed by atoms with Gasteiger partial charge in [0, 0.05) is 19.4 Å². The maximum absolute atomic E-state index is 12.6. The Hall–Kier alpha value is -2.49. The number of rotatable bonds is 8. The number of ether oxygens (including phenoxy) is 2. The summed E-state index contributed by atoms with van der Waals surface area (Å²) in [6.45, 7) is 3.48. The molecular weight excluding hydrogens is 424 g/mol. The van der Waals surface area contributed by atoms with Gasteiger partial charge in [0.2, 0.25) is 0 Å². The first-order valence-electron chi connectivity index (χ1n) is 9.43. The van der Waals surface area contributed by atoms with E-state index in [2.05, 4.69) is 4.99 Å². The summed E-state index contributed by atoms with van der Waals surface area (Å²) >= 11 is 1.29. The van der Waals surface area contributed by atoms with E-state index < -0.39 is 9.84 Å². The minimum absolute atomic E-state index is 0.144. The van der Waals surface area contributed by atoms with Crippen LogP contribution in [0.1, 0.15) is 12.5 Å². The summed E-state index contributed by atoms with van der Waals surface area (Å²) in [6, 6.07) is 12.2. The zero-order valence-corrected chi connectivity index (χ0v) is 18.8. The van der Waals surface area contributed by atoms with Crippen LogP contribution in [0.25, 0.3) is 10.2 Å². The monoisotopic (exact) mass is 448 g/mol. The second-order valence-electron chi connectivity index (χ2n) is 6.67. The smallest absolute Gasteiger partial charge is 0.252 e. The van der Waals surface area contributed by atoms with Gasteiger partial charge in [-0.05, 0) is 42.8 Å². The number of nitrogens with zero attached hydrogens (tertiary/aromatic N) is 2. The SMILES string of the molecule is CCOCCn1c(=NC(=O)Cc2cccc(OC)c2)sc2cc(S(C)(=O)=O)ccc21. The van der Waals surface area contributed by atoms with E-state index in [0.29, 0.717) is 30.3 Å². The van der Waals surface area contributed by atoms with Crippen molar-refractivity contribution in [1.82, 2.24) is 4.57 Å². The Morgan fingerprint density at radius 2 is 2.00 bits per heavy atom. The minimum Gasteiger partial charge on any atom is -0.497 e. The van der Waals surface area contributed by atoms with Gasteiger partial charge < -0.3 is 14.0 Å². The maximum atomic E-state index is 12.6. The molecule has 0 aliphatic heterocycles. The van der Waals surface area contributed by atoms with Gasteiger partial charge in [-0.3, -0.25) is 4.79 Å². The normalized spacial score (nSPS) is 12.4. The number of fused-ring (bicyclic) bond motifs is 1. The average Bonchev–Trinajstić information content (AvgIpc) is 3.04. The number of methoxy groups -OCH3 is 1. The van der Waals surface area contributed by atoms with Crippen LogP contribution in [0.4, 0.5) is 0 Å². The molecule has 0 atom stereocenters. The number of amides is 1. The van der Waals surface area contributed by atoms with Crippen molar-refractivity contribution in [2.75, 3.05) is 26.6 Å². The van der Waals surface area contributed by atoms with E-state index in [1.54, 1.807) is 31.4 Å². The number of hydrogen-bond donors (Lipinski definition) is 0. The molecule has 30 heavy (non-hydrogen) atoms. The topological polar surface area (TPSA) is 87.0 Å². The van der Waals surface area contributed by atoms with Crippen molar-refractivity contribution in [3.63, 3.8) is 0 Å². The largest absolute Gasteiger partial charge is 0.497 e. The fourth-order valence-corrected chi connectivity index (χ4v) is 4.82. The first-order chi connectivity index (χ1) is 14.3. The average molecular weight is 449 g/mol. The summed E-state index contributed by atoms with van der Waals surface area (Å²) in [5.41, 5.74) is 1.63. The summed E-state index contributed by atoms with van der Waals surface area (Å²) in [4.78, 5) is 17.7. The predicted molar refractivity (Wildman–Crippen MR) is 117 cm³/mol. The van der Waals surface area contributed by atoms with Gasteiger partial charge in [0.05, 0.1) is 35.2 Å². The molecule has 0 aliphatic rings. The highest BCUT2D eigenvalue weighted by Crippen LogP contribution is 2.22. The summed E-state index contributed by atoms with van der Waals surface area (Å²) in [5.74, 6) is 0.394. The van der Waals surface area contributed by atoms with Gasteiger partial charge in [-0.15, -0.1) is 0 Å². The number of hydrogen-bond acceptors (Lipinski definition) is 6. The molecule has 0 N–H and O–H groups in total. The Labute approximate surface area is 179 Å². The zero-order chi connectivity index (χ0) is 21.7. The highest BCUT2D eigenvalue weighted by molar-refractivity contribution is 7.90. The molecule has 1 heterocycles. The lowest BCUT2D eigenvalue weighted by Gasteiger charge is -2.06. The molecule has 0 bridgehead atoms. The Morgan fingerprint density at radius 3 is 2.70 bits per heavy atom. The first-order valence-corrected chi connectivity index (χ1v) is 12.1. The third-order valence-electron chi connectivity index (χ3n) is 4.46. The molecular formula is C21H24N2O5S2. The third-order valence-corrected chi connectivity index (χ3v) is 6.61. The Kier molecular flexibility index (Phi) is 7.06. The summed E-state index contributed by atoms with van der Waals surface area (Å²) in [7, 11) is -1.75. The molecule has 3 aromatic rings. The van der Waals surface area contributed by atoms with Crippen LogP contribution in [0, 0.1) is 0 Å². The lowest BCUT2D eigenvalue weighted by atomic mass is 10.1. The second-order valence-corrected chi connectivity index (χ2v) is 9.69. The van der Waals surface area contributed by atoms with E-state index in [1.807, 2.05) is 29.7 Å². The quantitative estimate of drug-likeness (QED) is 0.495. The Balaban J connectivity index is 2.00. The van der Waals surface area contributed by atoms with Crippen LogP contribution >= 0.6 is 11.3 Å². The fraction of sp³-hybridized carbons (Fsp3) is 0.333. The number of aromatic nitrogens is 1. The number of thiazole rings is 1. The van der Waals surface area contributed by atoms with Crippen molar-refractivity contribution in [1.29, 1.82) is 0 Å². The Morgan fingerprint density at radius 1 is 1.20 bits per heavy atom. The molecule has 0 spiro atoms. The Bertz CT molecular complexity index is 1230.